The monoisotopic (exact) mass is 255 g/mol. The molecule has 0 aromatic carbocycles. The van der Waals surface area contributed by atoms with Gasteiger partial charge in [-0.25, -0.2) is 4.79 Å². The van der Waals surface area contributed by atoms with E-state index in [4.69, 9.17) is 5.11 Å². The van der Waals surface area contributed by atoms with Crippen molar-refractivity contribution in [2.45, 2.75) is 64.8 Å². The molecule has 0 bridgehead atoms. The molecular formula is C14H25NO3. The van der Waals surface area contributed by atoms with Gasteiger partial charge in [0, 0.05) is 6.42 Å². The van der Waals surface area contributed by atoms with Crippen molar-refractivity contribution >= 4 is 11.9 Å². The van der Waals surface area contributed by atoms with E-state index >= 15 is 0 Å². The van der Waals surface area contributed by atoms with Crippen LogP contribution in [0.15, 0.2) is 0 Å². The van der Waals surface area contributed by atoms with Crippen molar-refractivity contribution in [2.75, 3.05) is 0 Å². The van der Waals surface area contributed by atoms with E-state index < -0.39 is 12.0 Å². The molecule has 1 fully saturated rings. The molecule has 0 saturated heterocycles. The Morgan fingerprint density at radius 3 is 2.67 bits per heavy atom. The Hall–Kier alpha value is -1.06. The molecule has 1 amide bonds. The van der Waals surface area contributed by atoms with Gasteiger partial charge >= 0.3 is 5.97 Å². The highest BCUT2D eigenvalue weighted by molar-refractivity contribution is 5.83. The average molecular weight is 255 g/mol. The van der Waals surface area contributed by atoms with Crippen molar-refractivity contribution in [3.05, 3.63) is 0 Å². The highest BCUT2D eigenvalue weighted by Gasteiger charge is 2.24. The normalized spacial score (nSPS) is 25.4. The van der Waals surface area contributed by atoms with Gasteiger partial charge in [-0.1, -0.05) is 33.1 Å². The first kappa shape index (κ1) is 15.0. The predicted octanol–water partition coefficient (Wildman–Crippen LogP) is 2.57. The van der Waals surface area contributed by atoms with E-state index in [1.165, 1.54) is 12.8 Å². The lowest BCUT2D eigenvalue weighted by molar-refractivity contribution is -0.142. The molecule has 1 rings (SSSR count). The maximum absolute atomic E-state index is 11.8. The highest BCUT2D eigenvalue weighted by Crippen LogP contribution is 2.30. The second-order valence-corrected chi connectivity index (χ2v) is 5.59. The van der Waals surface area contributed by atoms with Gasteiger partial charge in [-0.05, 0) is 31.1 Å². The van der Waals surface area contributed by atoms with Crippen LogP contribution in [0.4, 0.5) is 0 Å². The molecule has 4 heteroatoms. The van der Waals surface area contributed by atoms with E-state index in [2.05, 4.69) is 12.2 Å². The highest BCUT2D eigenvalue weighted by atomic mass is 16.4. The third-order valence-electron chi connectivity index (χ3n) is 3.73. The molecule has 2 N–H and O–H groups in total. The van der Waals surface area contributed by atoms with Gasteiger partial charge in [0.25, 0.3) is 0 Å². The smallest absolute Gasteiger partial charge is 0.326 e. The van der Waals surface area contributed by atoms with Gasteiger partial charge in [-0.3, -0.25) is 4.79 Å². The van der Waals surface area contributed by atoms with Crippen LogP contribution >= 0.6 is 0 Å². The van der Waals surface area contributed by atoms with Gasteiger partial charge in [0.1, 0.15) is 6.04 Å². The third-order valence-corrected chi connectivity index (χ3v) is 3.73. The molecule has 3 atom stereocenters. The zero-order chi connectivity index (χ0) is 13.5. The summed E-state index contributed by atoms with van der Waals surface area (Å²) in [4.78, 5) is 22.8. The van der Waals surface area contributed by atoms with Crippen molar-refractivity contribution in [3.8, 4) is 0 Å². The van der Waals surface area contributed by atoms with Crippen LogP contribution in [0.1, 0.15) is 58.8 Å². The van der Waals surface area contributed by atoms with Crippen LogP contribution in [0.3, 0.4) is 0 Å². The third kappa shape index (κ3) is 5.07. The minimum absolute atomic E-state index is 0.102. The fraction of sp³-hybridized carbons (Fsp3) is 0.857. The van der Waals surface area contributed by atoms with Gasteiger partial charge in [0.05, 0.1) is 0 Å². The van der Waals surface area contributed by atoms with Crippen LogP contribution in [0.2, 0.25) is 0 Å². The Kier molecular flexibility index (Phi) is 6.16. The van der Waals surface area contributed by atoms with Gasteiger partial charge in [-0.15, -0.1) is 0 Å². The van der Waals surface area contributed by atoms with Crippen LogP contribution in [0.25, 0.3) is 0 Å². The Bertz CT molecular complexity index is 291. The predicted molar refractivity (Wildman–Crippen MR) is 70.2 cm³/mol. The van der Waals surface area contributed by atoms with Crippen molar-refractivity contribution in [3.63, 3.8) is 0 Å². The zero-order valence-electron chi connectivity index (χ0n) is 11.4. The molecule has 1 aliphatic rings. The summed E-state index contributed by atoms with van der Waals surface area (Å²) < 4.78 is 0. The number of aliphatic carboxylic acids is 1. The molecule has 1 aliphatic carbocycles. The molecule has 0 radical (unpaired) electrons. The first-order chi connectivity index (χ1) is 8.52. The van der Waals surface area contributed by atoms with E-state index in [0.29, 0.717) is 24.7 Å². The summed E-state index contributed by atoms with van der Waals surface area (Å²) in [6.45, 7) is 4.14. The summed E-state index contributed by atoms with van der Waals surface area (Å²) >= 11 is 0. The van der Waals surface area contributed by atoms with Crippen molar-refractivity contribution < 1.29 is 14.7 Å². The second-order valence-electron chi connectivity index (χ2n) is 5.59. The lowest BCUT2D eigenvalue weighted by Gasteiger charge is -2.26. The molecule has 1 saturated carbocycles. The average Bonchev–Trinajstić information content (AvgIpc) is 2.28. The van der Waals surface area contributed by atoms with E-state index in [1.807, 2.05) is 6.92 Å². The topological polar surface area (TPSA) is 66.4 Å². The lowest BCUT2D eigenvalue weighted by atomic mass is 9.81. The molecule has 3 unspecified atom stereocenters. The standard InChI is InChI=1S/C14H25NO3/c1-3-5-12(14(17)18)15-13(16)9-11-7-4-6-10(2)8-11/h10-12H,3-9H2,1-2H3,(H,15,16)(H,17,18). The van der Waals surface area contributed by atoms with Crippen LogP contribution in [-0.2, 0) is 9.59 Å². The Morgan fingerprint density at radius 1 is 1.39 bits per heavy atom. The summed E-state index contributed by atoms with van der Waals surface area (Å²) in [6, 6.07) is -0.719. The van der Waals surface area contributed by atoms with Crippen molar-refractivity contribution in [2.24, 2.45) is 11.8 Å². The Labute approximate surface area is 109 Å². The molecule has 104 valence electrons. The molecule has 4 nitrogen and oxygen atoms in total. The molecule has 0 aliphatic heterocycles. The van der Waals surface area contributed by atoms with E-state index in [-0.39, 0.29) is 5.91 Å². The molecule has 0 spiro atoms. The maximum Gasteiger partial charge on any atom is 0.326 e. The molecule has 0 heterocycles. The van der Waals surface area contributed by atoms with Crippen LogP contribution in [-0.4, -0.2) is 23.0 Å². The molecular weight excluding hydrogens is 230 g/mol. The van der Waals surface area contributed by atoms with Gasteiger partial charge in [0.15, 0.2) is 0 Å². The van der Waals surface area contributed by atoms with E-state index in [9.17, 15) is 9.59 Å². The number of hydrogen-bond acceptors (Lipinski definition) is 2. The molecule has 0 aromatic heterocycles. The number of carboxylic acid groups (broad SMARTS) is 1. The Balaban J connectivity index is 2.37. The SMILES string of the molecule is CCCC(NC(=O)CC1CCCC(C)C1)C(=O)O. The van der Waals surface area contributed by atoms with Gasteiger partial charge < -0.3 is 10.4 Å². The number of carboxylic acids is 1. The summed E-state index contributed by atoms with van der Waals surface area (Å²) in [5, 5.41) is 11.6. The number of amides is 1. The fourth-order valence-electron chi connectivity index (χ4n) is 2.81. The molecule has 18 heavy (non-hydrogen) atoms. The first-order valence-corrected chi connectivity index (χ1v) is 7.05. The lowest BCUT2D eigenvalue weighted by Crippen LogP contribution is -2.41. The van der Waals surface area contributed by atoms with E-state index in [1.54, 1.807) is 0 Å². The minimum Gasteiger partial charge on any atom is -0.480 e. The van der Waals surface area contributed by atoms with Crippen LogP contribution in [0.5, 0.6) is 0 Å². The second kappa shape index (κ2) is 7.39. The van der Waals surface area contributed by atoms with Gasteiger partial charge in [-0.2, -0.15) is 0 Å². The van der Waals surface area contributed by atoms with Crippen LogP contribution < -0.4 is 5.32 Å². The number of hydrogen-bond donors (Lipinski definition) is 2. The van der Waals surface area contributed by atoms with Crippen molar-refractivity contribution in [1.29, 1.82) is 0 Å². The Morgan fingerprint density at radius 2 is 2.11 bits per heavy atom. The maximum atomic E-state index is 11.8. The van der Waals surface area contributed by atoms with Crippen molar-refractivity contribution in [1.82, 2.24) is 5.32 Å². The van der Waals surface area contributed by atoms with Crippen LogP contribution in [0, 0.1) is 11.8 Å². The number of carbonyl (C=O) groups excluding carboxylic acids is 1. The fourth-order valence-corrected chi connectivity index (χ4v) is 2.81. The number of rotatable bonds is 6. The summed E-state index contributed by atoms with van der Waals surface area (Å²) in [5.74, 6) is 0.101. The first-order valence-electron chi connectivity index (χ1n) is 7.05. The largest absolute Gasteiger partial charge is 0.480 e. The number of nitrogens with one attached hydrogen (secondary N) is 1. The quantitative estimate of drug-likeness (QED) is 0.766. The van der Waals surface area contributed by atoms with Gasteiger partial charge in [0.2, 0.25) is 5.91 Å². The van der Waals surface area contributed by atoms with E-state index in [0.717, 1.165) is 19.3 Å². The number of carbonyl (C=O) groups is 2. The minimum atomic E-state index is -0.929. The summed E-state index contributed by atoms with van der Waals surface area (Å²) in [6.07, 6.45) is 6.39. The zero-order valence-corrected chi connectivity index (χ0v) is 11.4. The summed E-state index contributed by atoms with van der Waals surface area (Å²) in [7, 11) is 0. The molecule has 0 aromatic rings. The summed E-state index contributed by atoms with van der Waals surface area (Å²) in [5.41, 5.74) is 0.